The van der Waals surface area contributed by atoms with E-state index in [0.717, 1.165) is 16.7 Å². The lowest BCUT2D eigenvalue weighted by Crippen LogP contribution is -2.35. The van der Waals surface area contributed by atoms with Gasteiger partial charge in [-0.25, -0.2) is 0 Å². The number of rotatable bonds is 1. The molecule has 0 N–H and O–H groups in total. The molecule has 0 amide bonds. The minimum Gasteiger partial charge on any atom is -0.198 e. The second-order valence-electron chi connectivity index (χ2n) is 4.29. The second kappa shape index (κ2) is 4.33. The van der Waals surface area contributed by atoms with E-state index in [1.165, 1.54) is 16.7 Å². The first-order chi connectivity index (χ1) is 10.4. The van der Waals surface area contributed by atoms with Crippen LogP contribution in [-0.2, 0) is 7.05 Å². The van der Waals surface area contributed by atoms with Crippen LogP contribution < -0.4 is 4.57 Å². The smallest absolute Gasteiger partial charge is 0.198 e. The largest absolute Gasteiger partial charge is 0.215 e. The highest BCUT2D eigenvalue weighted by Crippen LogP contribution is 2.25. The van der Waals surface area contributed by atoms with Crippen molar-refractivity contribution in [3.05, 3.63) is 52.7 Å². The molecule has 0 saturated heterocycles. The van der Waals surface area contributed by atoms with Crippen LogP contribution in [0.1, 0.15) is 30.6 Å². The Labute approximate surface area is 112 Å². The molecule has 0 bridgehead atoms. The van der Waals surface area contributed by atoms with Crippen LogP contribution in [-0.4, -0.2) is 0 Å². The monoisotopic (exact) mass is 232 g/mol. The first-order valence-corrected chi connectivity index (χ1v) is 5.55. The van der Waals surface area contributed by atoms with E-state index in [1.807, 2.05) is 32.0 Å². The lowest BCUT2D eigenvalue weighted by molar-refractivity contribution is -0.667. The average Bonchev–Trinajstić information content (AvgIpc) is 2.39. The predicted molar refractivity (Wildman–Crippen MR) is 72.0 cm³/mol. The van der Waals surface area contributed by atoms with Gasteiger partial charge >= 0.3 is 0 Å². The van der Waals surface area contributed by atoms with Crippen molar-refractivity contribution < 1.29 is 12.8 Å². The number of hydrogen-bond donors (Lipinski definition) is 0. The molecule has 2 aromatic rings. The van der Waals surface area contributed by atoms with E-state index in [-0.39, 0.29) is 11.3 Å². The quantitative estimate of drug-likeness (QED) is 0.663. The molecule has 0 aliphatic heterocycles. The fourth-order valence-electron chi connectivity index (χ4n) is 1.99. The molecule has 17 heavy (non-hydrogen) atoms. The Morgan fingerprint density at radius 1 is 1.00 bits per heavy atom. The Bertz CT molecular complexity index is 743. The maximum Gasteiger partial charge on any atom is 0.215 e. The third-order valence-corrected chi connectivity index (χ3v) is 3.22. The summed E-state index contributed by atoms with van der Waals surface area (Å²) < 4.78 is 47.9. The molecule has 1 aromatic carbocycles. The van der Waals surface area contributed by atoms with Gasteiger partial charge in [0, 0.05) is 32.3 Å². The van der Waals surface area contributed by atoms with Gasteiger partial charge in [0.25, 0.3) is 0 Å². The molecule has 0 fully saturated rings. The summed E-state index contributed by atoms with van der Waals surface area (Å²) >= 11 is 0. The molecule has 0 saturated carbocycles. The summed E-state index contributed by atoms with van der Waals surface area (Å²) in [6.07, 6.45) is 0. The summed E-state index contributed by atoms with van der Waals surface area (Å²) in [6, 6.07) is 8.41. The summed E-state index contributed by atoms with van der Waals surface area (Å²) in [6.45, 7) is -0.775. The van der Waals surface area contributed by atoms with Crippen molar-refractivity contribution >= 4 is 0 Å². The maximum absolute atomic E-state index is 7.79. The molecule has 0 aliphatic carbocycles. The van der Waals surface area contributed by atoms with Crippen LogP contribution in [0.25, 0.3) is 11.3 Å². The molecular weight excluding hydrogens is 206 g/mol. The highest BCUT2D eigenvalue weighted by atomic mass is 14.9. The molecule has 0 aliphatic rings. The van der Waals surface area contributed by atoms with Crippen LogP contribution in [0.4, 0.5) is 0 Å². The zero-order valence-corrected chi connectivity index (χ0v) is 10.3. The molecule has 0 atom stereocenters. The second-order valence-corrected chi connectivity index (χ2v) is 4.29. The third-order valence-electron chi connectivity index (χ3n) is 3.22. The number of aryl methyl sites for hydroxylation is 3. The Kier molecular flexibility index (Phi) is 1.61. The van der Waals surface area contributed by atoms with Gasteiger partial charge in [-0.3, -0.25) is 0 Å². The summed E-state index contributed by atoms with van der Waals surface area (Å²) in [5.74, 6) is 0. The average molecular weight is 232 g/mol. The van der Waals surface area contributed by atoms with Crippen molar-refractivity contribution in [1.82, 2.24) is 0 Å². The molecule has 88 valence electrons. The van der Waals surface area contributed by atoms with Crippen LogP contribution >= 0.6 is 0 Å². The highest BCUT2D eigenvalue weighted by molar-refractivity contribution is 5.65. The van der Waals surface area contributed by atoms with Crippen molar-refractivity contribution in [2.24, 2.45) is 7.05 Å². The van der Waals surface area contributed by atoms with E-state index in [4.69, 9.17) is 8.22 Å². The minimum absolute atomic E-state index is 0.112. The summed E-state index contributed by atoms with van der Waals surface area (Å²) in [4.78, 5) is 0. The number of benzene rings is 1. The number of pyridine rings is 1. The van der Waals surface area contributed by atoms with E-state index in [1.54, 1.807) is 7.05 Å². The zero-order chi connectivity index (χ0) is 17.6. The van der Waals surface area contributed by atoms with Gasteiger partial charge in [-0.2, -0.15) is 4.57 Å². The zero-order valence-electron chi connectivity index (χ0n) is 16.3. The molecular formula is C16H20N+. The maximum atomic E-state index is 7.79. The molecule has 0 spiro atoms. The first-order valence-electron chi connectivity index (χ1n) is 8.55. The van der Waals surface area contributed by atoms with Crippen molar-refractivity contribution in [3.63, 3.8) is 0 Å². The fourth-order valence-corrected chi connectivity index (χ4v) is 1.99. The summed E-state index contributed by atoms with van der Waals surface area (Å²) in [5.41, 5.74) is 3.40. The highest BCUT2D eigenvalue weighted by Gasteiger charge is 2.17. The standard InChI is InChI=1S/C16H20N/c1-11-7-6-8-15(14(11)4)16-12(2)9-10-13(3)17(16)5/h6-10H,1-5H3/q+1/i2D3,3D3. The topological polar surface area (TPSA) is 3.88 Å². The van der Waals surface area contributed by atoms with Gasteiger partial charge < -0.3 is 0 Å². The SMILES string of the molecule is [2H]C([2H])([2H])c1ccc(C([2H])([2H])[2H])[n+](C)c1-c1cccc(C)c1C. The van der Waals surface area contributed by atoms with Gasteiger partial charge in [0.05, 0.1) is 0 Å². The third kappa shape index (κ3) is 1.97. The Hall–Kier alpha value is -1.63. The van der Waals surface area contributed by atoms with E-state index in [9.17, 15) is 0 Å². The number of nitrogens with zero attached hydrogens (tertiary/aromatic N) is 1. The van der Waals surface area contributed by atoms with Crippen molar-refractivity contribution in [2.75, 3.05) is 0 Å². The molecule has 2 rings (SSSR count). The van der Waals surface area contributed by atoms with Gasteiger partial charge in [-0.15, -0.1) is 0 Å². The molecule has 0 unspecified atom stereocenters. The molecule has 1 nitrogen and oxygen atoms in total. The van der Waals surface area contributed by atoms with E-state index < -0.39 is 13.7 Å². The molecule has 1 aromatic heterocycles. The lowest BCUT2D eigenvalue weighted by atomic mass is 9.97. The Balaban J connectivity index is 2.90. The molecule has 1 heteroatoms. The van der Waals surface area contributed by atoms with Crippen LogP contribution in [0, 0.1) is 27.6 Å². The number of aromatic nitrogens is 1. The van der Waals surface area contributed by atoms with Gasteiger partial charge in [-0.05, 0) is 44.0 Å². The summed E-state index contributed by atoms with van der Waals surface area (Å²) in [7, 11) is 1.61. The van der Waals surface area contributed by atoms with Crippen molar-refractivity contribution in [3.8, 4) is 11.3 Å². The van der Waals surface area contributed by atoms with Crippen molar-refractivity contribution in [1.29, 1.82) is 0 Å². The first kappa shape index (κ1) is 6.34. The minimum atomic E-state index is -2.32. The van der Waals surface area contributed by atoms with Crippen LogP contribution in [0.5, 0.6) is 0 Å². The van der Waals surface area contributed by atoms with Crippen LogP contribution in [0.2, 0.25) is 0 Å². The van der Waals surface area contributed by atoms with Crippen molar-refractivity contribution in [2.45, 2.75) is 27.6 Å². The summed E-state index contributed by atoms with van der Waals surface area (Å²) in [5, 5.41) is 0. The number of hydrogen-bond acceptors (Lipinski definition) is 0. The molecule has 1 heterocycles. The fraction of sp³-hybridized carbons (Fsp3) is 0.312. The normalized spacial score (nSPS) is 17.4. The lowest BCUT2D eigenvalue weighted by Gasteiger charge is -2.10. The van der Waals surface area contributed by atoms with Gasteiger partial charge in [-0.1, -0.05) is 12.1 Å². The van der Waals surface area contributed by atoms with E-state index >= 15 is 0 Å². The van der Waals surface area contributed by atoms with E-state index in [2.05, 4.69) is 0 Å². The van der Waals surface area contributed by atoms with E-state index in [0.29, 0.717) is 5.69 Å². The Morgan fingerprint density at radius 3 is 2.53 bits per heavy atom. The van der Waals surface area contributed by atoms with Gasteiger partial charge in [0.2, 0.25) is 5.69 Å². The molecule has 0 radical (unpaired) electrons. The van der Waals surface area contributed by atoms with Crippen LogP contribution in [0.15, 0.2) is 30.3 Å². The van der Waals surface area contributed by atoms with Crippen LogP contribution in [0.3, 0.4) is 0 Å². The van der Waals surface area contributed by atoms with Gasteiger partial charge in [0.1, 0.15) is 7.05 Å². The predicted octanol–water partition coefficient (Wildman–Crippen LogP) is 3.41. The van der Waals surface area contributed by atoms with Gasteiger partial charge in [0.15, 0.2) is 5.69 Å². The Morgan fingerprint density at radius 2 is 1.82 bits per heavy atom.